The molecule has 1 atom stereocenters. The lowest BCUT2D eigenvalue weighted by Gasteiger charge is -2.35. The van der Waals surface area contributed by atoms with Crippen LogP contribution in [0.3, 0.4) is 0 Å². The highest BCUT2D eigenvalue weighted by Crippen LogP contribution is 2.24. The first-order chi connectivity index (χ1) is 3.54. The van der Waals surface area contributed by atoms with Crippen LogP contribution in [0.15, 0.2) is 11.6 Å². The smallest absolute Gasteiger partial charge is 0.211 e. The molecule has 0 aromatic carbocycles. The normalized spacial score (nSPS) is 36.2. The van der Waals surface area contributed by atoms with Gasteiger partial charge >= 0.3 is 0 Å². The minimum Gasteiger partial charge on any atom is -0.451 e. The molecule has 0 aromatic rings. The fourth-order valence-corrected chi connectivity index (χ4v) is 0.537. The number of nitrogens with two attached hydrogens (primary N) is 3. The standard InChI is InChI=1S/C4H9N3O/c1-4(7)2(5)3(6)8-4/h5-7H2,1H3. The molecule has 0 saturated heterocycles. The maximum atomic E-state index is 5.37. The molecule has 4 heteroatoms. The predicted octanol–water partition coefficient (Wildman–Crippen LogP) is -1.22. The monoisotopic (exact) mass is 115 g/mol. The van der Waals surface area contributed by atoms with Gasteiger partial charge < -0.3 is 16.2 Å². The largest absolute Gasteiger partial charge is 0.451 e. The van der Waals surface area contributed by atoms with Crippen LogP contribution in [-0.4, -0.2) is 5.72 Å². The number of ether oxygens (including phenoxy) is 1. The Hall–Kier alpha value is -0.900. The molecule has 0 aromatic heterocycles. The van der Waals surface area contributed by atoms with Crippen molar-refractivity contribution in [1.82, 2.24) is 0 Å². The van der Waals surface area contributed by atoms with Crippen molar-refractivity contribution in [1.29, 1.82) is 0 Å². The zero-order valence-electron chi connectivity index (χ0n) is 4.64. The van der Waals surface area contributed by atoms with Gasteiger partial charge in [-0.25, -0.2) is 0 Å². The lowest BCUT2D eigenvalue weighted by Crippen LogP contribution is -2.54. The molecule has 0 aliphatic carbocycles. The summed E-state index contributed by atoms with van der Waals surface area (Å²) in [5.74, 6) is 0.245. The van der Waals surface area contributed by atoms with E-state index >= 15 is 0 Å². The van der Waals surface area contributed by atoms with Crippen molar-refractivity contribution in [3.05, 3.63) is 11.6 Å². The van der Waals surface area contributed by atoms with Crippen LogP contribution in [0.25, 0.3) is 0 Å². The van der Waals surface area contributed by atoms with Gasteiger partial charge in [-0.1, -0.05) is 0 Å². The van der Waals surface area contributed by atoms with Crippen molar-refractivity contribution >= 4 is 0 Å². The minimum absolute atomic E-state index is 0.245. The molecule has 0 radical (unpaired) electrons. The average molecular weight is 115 g/mol. The second-order valence-corrected chi connectivity index (χ2v) is 1.99. The molecule has 46 valence electrons. The molecule has 0 bridgehead atoms. The Balaban J connectivity index is 2.80. The van der Waals surface area contributed by atoms with E-state index in [0.29, 0.717) is 5.70 Å². The average Bonchev–Trinajstić information content (AvgIpc) is 1.65. The third-order valence-electron chi connectivity index (χ3n) is 1.12. The van der Waals surface area contributed by atoms with Crippen LogP contribution in [0.2, 0.25) is 0 Å². The molecule has 4 nitrogen and oxygen atoms in total. The molecule has 8 heavy (non-hydrogen) atoms. The summed E-state index contributed by atoms with van der Waals surface area (Å²) in [5.41, 5.74) is 15.4. The molecule has 1 aliphatic rings. The third kappa shape index (κ3) is 0.431. The number of hydrogen-bond acceptors (Lipinski definition) is 4. The van der Waals surface area contributed by atoms with Gasteiger partial charge in [-0.05, 0) is 6.92 Å². The summed E-state index contributed by atoms with van der Waals surface area (Å²) in [5, 5.41) is 0. The van der Waals surface area contributed by atoms with Gasteiger partial charge in [0.15, 0.2) is 0 Å². The molecule has 0 fully saturated rings. The summed E-state index contributed by atoms with van der Waals surface area (Å²) in [4.78, 5) is 0. The van der Waals surface area contributed by atoms with E-state index in [1.165, 1.54) is 0 Å². The van der Waals surface area contributed by atoms with Crippen LogP contribution in [0.1, 0.15) is 6.92 Å². The molecular weight excluding hydrogens is 106 g/mol. The van der Waals surface area contributed by atoms with E-state index in [0.717, 1.165) is 0 Å². The van der Waals surface area contributed by atoms with Crippen LogP contribution < -0.4 is 17.2 Å². The fraction of sp³-hybridized carbons (Fsp3) is 0.500. The van der Waals surface area contributed by atoms with Gasteiger partial charge in [0.2, 0.25) is 11.6 Å². The van der Waals surface area contributed by atoms with E-state index in [4.69, 9.17) is 21.9 Å². The van der Waals surface area contributed by atoms with Crippen molar-refractivity contribution in [2.45, 2.75) is 12.6 Å². The Bertz CT molecular complexity index is 149. The molecule has 1 unspecified atom stereocenters. The van der Waals surface area contributed by atoms with Crippen molar-refractivity contribution in [3.8, 4) is 0 Å². The Kier molecular flexibility index (Phi) is 0.710. The summed E-state index contributed by atoms with van der Waals surface area (Å²) >= 11 is 0. The fourth-order valence-electron chi connectivity index (χ4n) is 0.537. The summed E-state index contributed by atoms with van der Waals surface area (Å²) in [6.45, 7) is 1.65. The molecule has 6 N–H and O–H groups in total. The molecule has 1 aliphatic heterocycles. The molecule has 0 amide bonds. The van der Waals surface area contributed by atoms with Gasteiger partial charge in [0.05, 0.1) is 0 Å². The summed E-state index contributed by atoms with van der Waals surface area (Å²) in [6.07, 6.45) is 0. The minimum atomic E-state index is -0.815. The molecular formula is C4H9N3O. The maximum Gasteiger partial charge on any atom is 0.211 e. The van der Waals surface area contributed by atoms with Gasteiger partial charge in [0.25, 0.3) is 0 Å². The number of hydrogen-bond donors (Lipinski definition) is 3. The predicted molar refractivity (Wildman–Crippen MR) is 29.1 cm³/mol. The molecule has 1 heterocycles. The van der Waals surface area contributed by atoms with E-state index in [1.54, 1.807) is 6.92 Å². The first-order valence-corrected chi connectivity index (χ1v) is 2.27. The van der Waals surface area contributed by atoms with Crippen LogP contribution in [0.4, 0.5) is 0 Å². The van der Waals surface area contributed by atoms with Gasteiger partial charge in [-0.2, -0.15) is 0 Å². The van der Waals surface area contributed by atoms with Crippen LogP contribution in [0, 0.1) is 0 Å². The van der Waals surface area contributed by atoms with E-state index in [1.807, 2.05) is 0 Å². The van der Waals surface area contributed by atoms with Crippen LogP contribution >= 0.6 is 0 Å². The lowest BCUT2D eigenvalue weighted by atomic mass is 10.1. The highest BCUT2D eigenvalue weighted by atomic mass is 16.5. The van der Waals surface area contributed by atoms with Crippen molar-refractivity contribution in [3.63, 3.8) is 0 Å². The lowest BCUT2D eigenvalue weighted by molar-refractivity contribution is -0.00496. The van der Waals surface area contributed by atoms with E-state index in [2.05, 4.69) is 0 Å². The highest BCUT2D eigenvalue weighted by Gasteiger charge is 2.36. The Morgan fingerprint density at radius 1 is 1.50 bits per heavy atom. The molecule has 0 saturated carbocycles. The van der Waals surface area contributed by atoms with Crippen molar-refractivity contribution in [2.75, 3.05) is 0 Å². The van der Waals surface area contributed by atoms with Gasteiger partial charge in [0, 0.05) is 0 Å². The highest BCUT2D eigenvalue weighted by molar-refractivity contribution is 5.21. The zero-order valence-corrected chi connectivity index (χ0v) is 4.64. The summed E-state index contributed by atoms with van der Waals surface area (Å²) in [6, 6.07) is 0. The molecule has 0 spiro atoms. The second-order valence-electron chi connectivity index (χ2n) is 1.99. The van der Waals surface area contributed by atoms with E-state index < -0.39 is 5.72 Å². The third-order valence-corrected chi connectivity index (χ3v) is 1.12. The Morgan fingerprint density at radius 3 is 2.00 bits per heavy atom. The Labute approximate surface area is 47.3 Å². The number of rotatable bonds is 0. The van der Waals surface area contributed by atoms with Crippen LogP contribution in [-0.2, 0) is 4.74 Å². The zero-order chi connectivity index (χ0) is 6.36. The Morgan fingerprint density at radius 2 is 2.00 bits per heavy atom. The SMILES string of the molecule is CC1(N)OC(N)=C1N. The van der Waals surface area contributed by atoms with Gasteiger partial charge in [-0.15, -0.1) is 0 Å². The molecule has 1 rings (SSSR count). The van der Waals surface area contributed by atoms with Crippen LogP contribution in [0.5, 0.6) is 0 Å². The quantitative estimate of drug-likeness (QED) is 0.369. The first kappa shape index (κ1) is 5.24. The van der Waals surface area contributed by atoms with E-state index in [9.17, 15) is 0 Å². The maximum absolute atomic E-state index is 5.37. The topological polar surface area (TPSA) is 87.3 Å². The van der Waals surface area contributed by atoms with Crippen molar-refractivity contribution in [2.24, 2.45) is 17.2 Å². The van der Waals surface area contributed by atoms with E-state index in [-0.39, 0.29) is 5.88 Å². The summed E-state index contributed by atoms with van der Waals surface area (Å²) in [7, 11) is 0. The summed E-state index contributed by atoms with van der Waals surface area (Å²) < 4.78 is 4.75. The first-order valence-electron chi connectivity index (χ1n) is 2.27. The van der Waals surface area contributed by atoms with Gasteiger partial charge in [0.1, 0.15) is 5.70 Å². The van der Waals surface area contributed by atoms with Gasteiger partial charge in [-0.3, -0.25) is 5.73 Å². The second kappa shape index (κ2) is 1.08. The van der Waals surface area contributed by atoms with Crippen molar-refractivity contribution < 1.29 is 4.74 Å².